The molecule has 0 atom stereocenters. The topological polar surface area (TPSA) is 46.3 Å². The number of halogens is 1. The molecule has 3 nitrogen and oxygen atoms in total. The molecule has 0 heterocycles. The van der Waals surface area contributed by atoms with E-state index in [2.05, 4.69) is 0 Å². The molecule has 5 heteroatoms. The van der Waals surface area contributed by atoms with E-state index >= 15 is 0 Å². The van der Waals surface area contributed by atoms with Gasteiger partial charge in [-0.1, -0.05) is 18.3 Å². The van der Waals surface area contributed by atoms with Crippen molar-refractivity contribution in [3.63, 3.8) is 0 Å². The quantitative estimate of drug-likeness (QED) is 0.833. The first kappa shape index (κ1) is 14.6. The van der Waals surface area contributed by atoms with E-state index in [1.54, 1.807) is 17.9 Å². The fourth-order valence-corrected chi connectivity index (χ4v) is 1.73. The van der Waals surface area contributed by atoms with Crippen LogP contribution in [0.25, 0.3) is 0 Å². The van der Waals surface area contributed by atoms with Crippen molar-refractivity contribution in [2.24, 2.45) is 5.73 Å². The number of thiocarbonyl (C=S) groups is 1. The van der Waals surface area contributed by atoms with Gasteiger partial charge in [0.1, 0.15) is 5.82 Å². The van der Waals surface area contributed by atoms with E-state index in [4.69, 9.17) is 18.0 Å². The summed E-state index contributed by atoms with van der Waals surface area (Å²) in [6.07, 6.45) is 0.475. The number of nitrogens with two attached hydrogens (primary N) is 1. The summed E-state index contributed by atoms with van der Waals surface area (Å²) in [7, 11) is 0. The zero-order chi connectivity index (χ0) is 13.7. The maximum absolute atomic E-state index is 13.2. The van der Waals surface area contributed by atoms with Crippen molar-refractivity contribution in [3.05, 3.63) is 35.1 Å². The fourth-order valence-electron chi connectivity index (χ4n) is 1.64. The molecule has 0 bridgehead atoms. The highest BCUT2D eigenvalue weighted by molar-refractivity contribution is 7.80. The number of carbonyl (C=O) groups excluding carboxylic acids is 1. The first-order valence-corrected chi connectivity index (χ1v) is 6.20. The summed E-state index contributed by atoms with van der Waals surface area (Å²) in [5.74, 6) is -0.597. The Morgan fingerprint density at radius 3 is 2.72 bits per heavy atom. The summed E-state index contributed by atoms with van der Waals surface area (Å²) in [6.45, 7) is 4.65. The molecule has 1 aromatic carbocycles. The maximum atomic E-state index is 13.2. The van der Waals surface area contributed by atoms with E-state index < -0.39 is 5.82 Å². The van der Waals surface area contributed by atoms with Crippen LogP contribution in [0.4, 0.5) is 4.39 Å². The lowest BCUT2D eigenvalue weighted by atomic mass is 10.1. The van der Waals surface area contributed by atoms with E-state index in [1.807, 2.05) is 6.92 Å². The van der Waals surface area contributed by atoms with Gasteiger partial charge in [-0.3, -0.25) is 4.79 Å². The van der Waals surface area contributed by atoms with Crippen LogP contribution >= 0.6 is 12.2 Å². The van der Waals surface area contributed by atoms with Gasteiger partial charge in [-0.2, -0.15) is 0 Å². The lowest BCUT2D eigenvalue weighted by Gasteiger charge is -2.21. The van der Waals surface area contributed by atoms with Crippen LogP contribution in [0, 0.1) is 12.7 Å². The normalized spacial score (nSPS) is 10.2. The second-order valence-electron chi connectivity index (χ2n) is 4.06. The third-order valence-electron chi connectivity index (χ3n) is 2.73. The predicted molar refractivity (Wildman–Crippen MR) is 74.1 cm³/mol. The Labute approximate surface area is 112 Å². The molecule has 0 saturated heterocycles. The van der Waals surface area contributed by atoms with Gasteiger partial charge < -0.3 is 10.6 Å². The molecule has 1 amide bonds. The summed E-state index contributed by atoms with van der Waals surface area (Å²) < 4.78 is 13.2. The standard InChI is InChI=1S/C13H17FN2OS/c1-3-16(7-6-12(15)18)13(17)11-8-10(14)5-4-9(11)2/h4-5,8H,3,6-7H2,1-2H3,(H2,15,18). The summed E-state index contributed by atoms with van der Waals surface area (Å²) in [5, 5.41) is 0. The second-order valence-corrected chi connectivity index (χ2v) is 4.58. The number of amides is 1. The summed E-state index contributed by atoms with van der Waals surface area (Å²) >= 11 is 4.79. The second kappa shape index (κ2) is 6.44. The van der Waals surface area contributed by atoms with E-state index in [-0.39, 0.29) is 5.91 Å². The van der Waals surface area contributed by atoms with Crippen molar-refractivity contribution in [2.75, 3.05) is 13.1 Å². The van der Waals surface area contributed by atoms with Crippen LogP contribution in [0.2, 0.25) is 0 Å². The lowest BCUT2D eigenvalue weighted by Crippen LogP contribution is -2.34. The number of nitrogens with zero attached hydrogens (tertiary/aromatic N) is 1. The average molecular weight is 268 g/mol. The van der Waals surface area contributed by atoms with Gasteiger partial charge in [0.2, 0.25) is 0 Å². The number of carbonyl (C=O) groups is 1. The van der Waals surface area contributed by atoms with E-state index in [9.17, 15) is 9.18 Å². The third-order valence-corrected chi connectivity index (χ3v) is 2.93. The Morgan fingerprint density at radius 1 is 1.50 bits per heavy atom. The molecule has 0 aliphatic heterocycles. The molecule has 1 aromatic rings. The van der Waals surface area contributed by atoms with Crippen LogP contribution in [-0.4, -0.2) is 28.9 Å². The van der Waals surface area contributed by atoms with Gasteiger partial charge in [-0.15, -0.1) is 0 Å². The zero-order valence-electron chi connectivity index (χ0n) is 10.6. The van der Waals surface area contributed by atoms with Crippen molar-refractivity contribution in [2.45, 2.75) is 20.3 Å². The van der Waals surface area contributed by atoms with E-state index in [1.165, 1.54) is 12.1 Å². The minimum atomic E-state index is -0.408. The zero-order valence-corrected chi connectivity index (χ0v) is 11.4. The van der Waals surface area contributed by atoms with Crippen LogP contribution in [-0.2, 0) is 0 Å². The average Bonchev–Trinajstić information content (AvgIpc) is 2.32. The summed E-state index contributed by atoms with van der Waals surface area (Å²) in [4.78, 5) is 14.2. The molecule has 0 radical (unpaired) electrons. The Kier molecular flexibility index (Phi) is 5.22. The van der Waals surface area contributed by atoms with Gasteiger partial charge in [0.25, 0.3) is 5.91 Å². The molecule has 0 spiro atoms. The van der Waals surface area contributed by atoms with Crippen LogP contribution in [0.15, 0.2) is 18.2 Å². The lowest BCUT2D eigenvalue weighted by molar-refractivity contribution is 0.0767. The molecule has 0 aliphatic rings. The van der Waals surface area contributed by atoms with Crippen molar-refractivity contribution >= 4 is 23.1 Å². The van der Waals surface area contributed by atoms with Crippen molar-refractivity contribution < 1.29 is 9.18 Å². The minimum absolute atomic E-state index is 0.189. The number of hydrogen-bond donors (Lipinski definition) is 1. The molecule has 98 valence electrons. The van der Waals surface area contributed by atoms with Crippen LogP contribution in [0.3, 0.4) is 0 Å². The van der Waals surface area contributed by atoms with Crippen molar-refractivity contribution in [1.82, 2.24) is 4.90 Å². The van der Waals surface area contributed by atoms with Crippen LogP contribution in [0.5, 0.6) is 0 Å². The molecule has 1 rings (SSSR count). The number of aryl methyl sites for hydroxylation is 1. The molecule has 0 aliphatic carbocycles. The molecular weight excluding hydrogens is 251 g/mol. The highest BCUT2D eigenvalue weighted by Crippen LogP contribution is 2.13. The van der Waals surface area contributed by atoms with Gasteiger partial charge in [-0.25, -0.2) is 4.39 Å². The molecule has 0 unspecified atom stereocenters. The fraction of sp³-hybridized carbons (Fsp3) is 0.385. The van der Waals surface area contributed by atoms with Crippen LogP contribution in [0.1, 0.15) is 29.3 Å². The van der Waals surface area contributed by atoms with E-state index in [0.717, 1.165) is 5.56 Å². The van der Waals surface area contributed by atoms with E-state index in [0.29, 0.717) is 30.1 Å². The smallest absolute Gasteiger partial charge is 0.254 e. The van der Waals surface area contributed by atoms with Gasteiger partial charge in [0, 0.05) is 25.1 Å². The number of hydrogen-bond acceptors (Lipinski definition) is 2. The number of benzene rings is 1. The Bertz CT molecular complexity index is 462. The first-order valence-electron chi connectivity index (χ1n) is 5.79. The SMILES string of the molecule is CCN(CCC(N)=S)C(=O)c1cc(F)ccc1C. The van der Waals surface area contributed by atoms with Gasteiger partial charge >= 0.3 is 0 Å². The van der Waals surface area contributed by atoms with Gasteiger partial charge in [0.05, 0.1) is 4.99 Å². The molecule has 2 N–H and O–H groups in total. The van der Waals surface area contributed by atoms with Crippen molar-refractivity contribution in [3.8, 4) is 0 Å². The first-order chi connectivity index (χ1) is 8.45. The number of rotatable bonds is 5. The molecule has 0 aromatic heterocycles. The van der Waals surface area contributed by atoms with Gasteiger partial charge in [0.15, 0.2) is 0 Å². The summed E-state index contributed by atoms with van der Waals surface area (Å²) in [6, 6.07) is 4.21. The van der Waals surface area contributed by atoms with Gasteiger partial charge in [-0.05, 0) is 31.5 Å². The highest BCUT2D eigenvalue weighted by atomic mass is 32.1. The third kappa shape index (κ3) is 3.77. The maximum Gasteiger partial charge on any atom is 0.254 e. The predicted octanol–water partition coefficient (Wildman–Crippen LogP) is 2.27. The van der Waals surface area contributed by atoms with Crippen molar-refractivity contribution in [1.29, 1.82) is 0 Å². The Balaban J connectivity index is 2.89. The monoisotopic (exact) mass is 268 g/mol. The molecule has 0 saturated carbocycles. The molecule has 18 heavy (non-hydrogen) atoms. The Morgan fingerprint density at radius 2 is 2.17 bits per heavy atom. The molecule has 0 fully saturated rings. The Hall–Kier alpha value is -1.49. The highest BCUT2D eigenvalue weighted by Gasteiger charge is 2.16. The molecular formula is C13H17FN2OS. The van der Waals surface area contributed by atoms with Crippen LogP contribution < -0.4 is 5.73 Å². The largest absolute Gasteiger partial charge is 0.393 e. The minimum Gasteiger partial charge on any atom is -0.393 e. The summed E-state index contributed by atoms with van der Waals surface area (Å²) in [5.41, 5.74) is 6.57.